The maximum Gasteiger partial charge on any atom is 0.307 e. The van der Waals surface area contributed by atoms with Crippen molar-refractivity contribution in [3.63, 3.8) is 0 Å². The average molecular weight is 387 g/mol. The van der Waals surface area contributed by atoms with Gasteiger partial charge in [0.2, 0.25) is 5.91 Å². The molecule has 0 spiro atoms. The molecule has 0 aliphatic rings. The minimum Gasteiger partial charge on any atom is -0.453 e. The van der Waals surface area contributed by atoms with Gasteiger partial charge in [-0.05, 0) is 42.2 Å². The highest BCUT2D eigenvalue weighted by molar-refractivity contribution is 5.93. The van der Waals surface area contributed by atoms with Crippen LogP contribution in [0.2, 0.25) is 0 Å². The maximum atomic E-state index is 12.5. The first-order valence-corrected chi connectivity index (χ1v) is 9.69. The van der Waals surface area contributed by atoms with Crippen molar-refractivity contribution in [1.82, 2.24) is 0 Å². The van der Waals surface area contributed by atoms with Gasteiger partial charge < -0.3 is 10.1 Å². The van der Waals surface area contributed by atoms with E-state index in [1.165, 1.54) is 0 Å². The second-order valence-corrected chi connectivity index (χ2v) is 7.06. The minimum atomic E-state index is -0.494. The van der Waals surface area contributed by atoms with Crippen LogP contribution >= 0.6 is 0 Å². The summed E-state index contributed by atoms with van der Waals surface area (Å²) < 4.78 is 5.75. The molecule has 0 heterocycles. The Kier molecular flexibility index (Phi) is 6.80. The van der Waals surface area contributed by atoms with Gasteiger partial charge in [0, 0.05) is 12.1 Å². The first kappa shape index (κ1) is 20.3. The highest BCUT2D eigenvalue weighted by atomic mass is 16.5. The third-order valence-electron chi connectivity index (χ3n) is 4.68. The number of carbonyl (C=O) groups is 2. The van der Waals surface area contributed by atoms with Crippen LogP contribution in [0.25, 0.3) is 0 Å². The van der Waals surface area contributed by atoms with Crippen molar-refractivity contribution in [2.45, 2.75) is 32.8 Å². The molecule has 3 rings (SSSR count). The van der Waals surface area contributed by atoms with Crippen molar-refractivity contribution in [2.75, 3.05) is 5.32 Å². The number of benzene rings is 3. The Morgan fingerprint density at radius 3 is 2.00 bits per heavy atom. The molecule has 148 valence electrons. The number of ether oxygens (including phenoxy) is 1. The van der Waals surface area contributed by atoms with Gasteiger partial charge in [0.1, 0.15) is 0 Å². The van der Waals surface area contributed by atoms with Crippen molar-refractivity contribution in [3.05, 3.63) is 101 Å². The van der Waals surface area contributed by atoms with Gasteiger partial charge in [0.25, 0.3) is 0 Å². The van der Waals surface area contributed by atoms with E-state index in [1.54, 1.807) is 0 Å². The van der Waals surface area contributed by atoms with Crippen LogP contribution in [0.15, 0.2) is 78.9 Å². The summed E-state index contributed by atoms with van der Waals surface area (Å²) in [5.41, 5.74) is 4.62. The quantitative estimate of drug-likeness (QED) is 0.556. The molecule has 0 atom stereocenters. The molecular formula is C25H25NO3. The van der Waals surface area contributed by atoms with Gasteiger partial charge in [-0.1, -0.05) is 72.8 Å². The molecule has 0 aliphatic heterocycles. The molecule has 4 nitrogen and oxygen atoms in total. The molecule has 0 radical (unpaired) electrons. The summed E-state index contributed by atoms with van der Waals surface area (Å²) in [7, 11) is 0. The van der Waals surface area contributed by atoms with E-state index in [1.807, 2.05) is 92.7 Å². The van der Waals surface area contributed by atoms with E-state index in [0.717, 1.165) is 27.9 Å². The molecule has 0 saturated heterocycles. The highest BCUT2D eigenvalue weighted by Gasteiger charge is 2.19. The Balaban J connectivity index is 1.62. The number of anilines is 1. The van der Waals surface area contributed by atoms with Gasteiger partial charge >= 0.3 is 5.97 Å². The standard InChI is InChI=1S/C25H25NO3/c1-18-13-14-19(2)22(17-18)26-23(27)15-16-24(28)29-25(20-9-5-3-6-10-20)21-11-7-4-8-12-21/h3-14,17,25H,15-16H2,1-2H3,(H,26,27). The Hall–Kier alpha value is -3.40. The molecule has 0 fully saturated rings. The zero-order valence-electron chi connectivity index (χ0n) is 16.7. The Labute approximate surface area is 171 Å². The molecule has 0 aliphatic carbocycles. The number of esters is 1. The Morgan fingerprint density at radius 1 is 0.828 bits per heavy atom. The number of nitrogens with one attached hydrogen (secondary N) is 1. The van der Waals surface area contributed by atoms with E-state index < -0.39 is 12.1 Å². The summed E-state index contributed by atoms with van der Waals surface area (Å²) in [4.78, 5) is 24.8. The third-order valence-corrected chi connectivity index (χ3v) is 4.68. The van der Waals surface area contributed by atoms with E-state index >= 15 is 0 Å². The van der Waals surface area contributed by atoms with Crippen LogP contribution in [0.5, 0.6) is 0 Å². The molecule has 3 aromatic carbocycles. The van der Waals surface area contributed by atoms with Gasteiger partial charge in [0.15, 0.2) is 6.10 Å². The van der Waals surface area contributed by atoms with E-state index in [9.17, 15) is 9.59 Å². The fraction of sp³-hybridized carbons (Fsp3) is 0.200. The fourth-order valence-electron chi connectivity index (χ4n) is 3.07. The number of aryl methyl sites for hydroxylation is 2. The van der Waals surface area contributed by atoms with Gasteiger partial charge in [-0.3, -0.25) is 9.59 Å². The van der Waals surface area contributed by atoms with Crippen molar-refractivity contribution < 1.29 is 14.3 Å². The lowest BCUT2D eigenvalue weighted by Gasteiger charge is -2.19. The molecule has 29 heavy (non-hydrogen) atoms. The van der Waals surface area contributed by atoms with Crippen LogP contribution in [-0.4, -0.2) is 11.9 Å². The molecule has 1 amide bonds. The van der Waals surface area contributed by atoms with E-state index in [2.05, 4.69) is 5.32 Å². The van der Waals surface area contributed by atoms with Crippen LogP contribution in [0.4, 0.5) is 5.69 Å². The molecular weight excluding hydrogens is 362 g/mol. The summed E-state index contributed by atoms with van der Waals surface area (Å²) in [6, 6.07) is 25.1. The molecule has 0 bridgehead atoms. The number of hydrogen-bond donors (Lipinski definition) is 1. The normalized spacial score (nSPS) is 10.6. The number of carbonyl (C=O) groups excluding carboxylic acids is 2. The number of rotatable bonds is 7. The molecule has 0 saturated carbocycles. The summed E-state index contributed by atoms with van der Waals surface area (Å²) in [6.07, 6.45) is -0.401. The Bertz CT molecular complexity index is 928. The molecule has 0 aromatic heterocycles. The van der Waals surface area contributed by atoms with Crippen molar-refractivity contribution >= 4 is 17.6 Å². The molecule has 1 N–H and O–H groups in total. The lowest BCUT2D eigenvalue weighted by molar-refractivity contribution is -0.148. The maximum absolute atomic E-state index is 12.5. The van der Waals surface area contributed by atoms with Gasteiger partial charge in [0.05, 0.1) is 6.42 Å². The minimum absolute atomic E-state index is 0.0207. The second kappa shape index (κ2) is 9.69. The summed E-state index contributed by atoms with van der Waals surface area (Å²) in [5, 5.41) is 2.88. The van der Waals surface area contributed by atoms with Crippen LogP contribution in [0.1, 0.15) is 41.2 Å². The Morgan fingerprint density at radius 2 is 1.41 bits per heavy atom. The molecule has 4 heteroatoms. The van der Waals surface area contributed by atoms with Crippen LogP contribution < -0.4 is 5.32 Å². The largest absolute Gasteiger partial charge is 0.453 e. The lowest BCUT2D eigenvalue weighted by Crippen LogP contribution is -2.17. The van der Waals surface area contributed by atoms with Crippen LogP contribution in [-0.2, 0) is 14.3 Å². The smallest absolute Gasteiger partial charge is 0.307 e. The summed E-state index contributed by atoms with van der Waals surface area (Å²) in [6.45, 7) is 3.91. The number of hydrogen-bond acceptors (Lipinski definition) is 3. The van der Waals surface area contributed by atoms with E-state index in [4.69, 9.17) is 4.74 Å². The van der Waals surface area contributed by atoms with Gasteiger partial charge in [-0.2, -0.15) is 0 Å². The van der Waals surface area contributed by atoms with Gasteiger partial charge in [-0.15, -0.1) is 0 Å². The predicted octanol–water partition coefficient (Wildman–Crippen LogP) is 5.35. The fourth-order valence-corrected chi connectivity index (χ4v) is 3.07. The van der Waals surface area contributed by atoms with Crippen molar-refractivity contribution in [2.24, 2.45) is 0 Å². The molecule has 3 aromatic rings. The first-order valence-electron chi connectivity index (χ1n) is 9.69. The third kappa shape index (κ3) is 5.79. The second-order valence-electron chi connectivity index (χ2n) is 7.06. The number of amides is 1. The van der Waals surface area contributed by atoms with Gasteiger partial charge in [-0.25, -0.2) is 0 Å². The summed E-state index contributed by atoms with van der Waals surface area (Å²) >= 11 is 0. The highest BCUT2D eigenvalue weighted by Crippen LogP contribution is 2.26. The first-order chi connectivity index (χ1) is 14.0. The van der Waals surface area contributed by atoms with Crippen LogP contribution in [0.3, 0.4) is 0 Å². The van der Waals surface area contributed by atoms with Crippen molar-refractivity contribution in [1.29, 1.82) is 0 Å². The SMILES string of the molecule is Cc1ccc(C)c(NC(=O)CCC(=O)OC(c2ccccc2)c2ccccc2)c1. The van der Waals surface area contributed by atoms with Crippen LogP contribution in [0, 0.1) is 13.8 Å². The predicted molar refractivity (Wildman–Crippen MR) is 115 cm³/mol. The zero-order valence-corrected chi connectivity index (χ0v) is 16.7. The lowest BCUT2D eigenvalue weighted by atomic mass is 10.0. The van der Waals surface area contributed by atoms with Crippen molar-refractivity contribution in [3.8, 4) is 0 Å². The monoisotopic (exact) mass is 387 g/mol. The summed E-state index contributed by atoms with van der Waals surface area (Å²) in [5.74, 6) is -0.606. The zero-order chi connectivity index (χ0) is 20.6. The average Bonchev–Trinajstić information content (AvgIpc) is 2.74. The van der Waals surface area contributed by atoms with E-state index in [0.29, 0.717) is 0 Å². The van der Waals surface area contributed by atoms with E-state index in [-0.39, 0.29) is 18.7 Å². The topological polar surface area (TPSA) is 55.4 Å². The molecule has 0 unspecified atom stereocenters.